The van der Waals surface area contributed by atoms with Gasteiger partial charge in [-0.15, -0.1) is 0 Å². The van der Waals surface area contributed by atoms with Gasteiger partial charge in [0.25, 0.3) is 0 Å². The van der Waals surface area contributed by atoms with Gasteiger partial charge in [0.2, 0.25) is 0 Å². The molecule has 0 amide bonds. The number of hydrogen-bond donors (Lipinski definition) is 0. The van der Waals surface area contributed by atoms with Crippen LogP contribution < -0.4 is 0 Å². The lowest BCUT2D eigenvalue weighted by Crippen LogP contribution is -2.48. The standard InChI is InChI=1S/C19H28N2O3/c1-14-11-16-7-5-6-8-18(16)21(14)15(2)19-23-12-17(13-24-19)20(3)9-10-22-4/h5-8,11,15,17,19H,9-10,12-13H2,1-4H3. The van der Waals surface area contributed by atoms with Crippen molar-refractivity contribution in [1.29, 1.82) is 0 Å². The van der Waals surface area contributed by atoms with Crippen molar-refractivity contribution in [2.75, 3.05) is 40.5 Å². The van der Waals surface area contributed by atoms with E-state index in [2.05, 4.69) is 60.7 Å². The molecule has 0 aliphatic carbocycles. The summed E-state index contributed by atoms with van der Waals surface area (Å²) in [4.78, 5) is 2.24. The Morgan fingerprint density at radius 1 is 1.29 bits per heavy atom. The molecule has 1 atom stereocenters. The van der Waals surface area contributed by atoms with E-state index >= 15 is 0 Å². The van der Waals surface area contributed by atoms with Crippen molar-refractivity contribution < 1.29 is 14.2 Å². The SMILES string of the molecule is COCCN(C)C1COC(C(C)n2c(C)cc3ccccc32)OC1. The molecule has 0 bridgehead atoms. The van der Waals surface area contributed by atoms with Crippen LogP contribution in [0.1, 0.15) is 18.7 Å². The average Bonchev–Trinajstić information content (AvgIpc) is 2.95. The van der Waals surface area contributed by atoms with E-state index in [9.17, 15) is 0 Å². The topological polar surface area (TPSA) is 35.9 Å². The Kier molecular flexibility index (Phi) is 5.56. The number of aromatic nitrogens is 1. The Balaban J connectivity index is 1.66. The molecule has 1 aromatic carbocycles. The first-order chi connectivity index (χ1) is 11.6. The van der Waals surface area contributed by atoms with Gasteiger partial charge < -0.3 is 18.8 Å². The normalized spacial score (nSPS) is 23.0. The molecule has 5 nitrogen and oxygen atoms in total. The second-order valence-corrected chi connectivity index (χ2v) is 6.62. The first-order valence-electron chi connectivity index (χ1n) is 8.60. The maximum Gasteiger partial charge on any atom is 0.178 e. The molecule has 5 heteroatoms. The lowest BCUT2D eigenvalue weighted by atomic mass is 10.2. The molecule has 1 aromatic heterocycles. The molecule has 1 saturated heterocycles. The van der Waals surface area contributed by atoms with Gasteiger partial charge in [0, 0.05) is 24.9 Å². The third-order valence-electron chi connectivity index (χ3n) is 4.92. The van der Waals surface area contributed by atoms with Gasteiger partial charge in [-0.2, -0.15) is 0 Å². The van der Waals surface area contributed by atoms with Crippen molar-refractivity contribution in [2.45, 2.75) is 32.2 Å². The van der Waals surface area contributed by atoms with E-state index in [0.29, 0.717) is 13.2 Å². The predicted molar refractivity (Wildman–Crippen MR) is 95.4 cm³/mol. The fourth-order valence-corrected chi connectivity index (χ4v) is 3.43. The summed E-state index contributed by atoms with van der Waals surface area (Å²) in [5.41, 5.74) is 2.46. The van der Waals surface area contributed by atoms with Gasteiger partial charge in [-0.05, 0) is 38.4 Å². The van der Waals surface area contributed by atoms with Crippen LogP contribution in [0, 0.1) is 6.92 Å². The van der Waals surface area contributed by atoms with Crippen molar-refractivity contribution in [3.63, 3.8) is 0 Å². The van der Waals surface area contributed by atoms with Crippen molar-refractivity contribution in [3.8, 4) is 0 Å². The van der Waals surface area contributed by atoms with Gasteiger partial charge in [-0.1, -0.05) is 18.2 Å². The second kappa shape index (κ2) is 7.66. The van der Waals surface area contributed by atoms with E-state index in [-0.39, 0.29) is 18.4 Å². The number of aryl methyl sites for hydroxylation is 1. The van der Waals surface area contributed by atoms with Crippen molar-refractivity contribution in [3.05, 3.63) is 36.0 Å². The minimum atomic E-state index is -0.216. The Morgan fingerprint density at radius 2 is 2.00 bits per heavy atom. The van der Waals surface area contributed by atoms with E-state index in [1.54, 1.807) is 7.11 Å². The monoisotopic (exact) mass is 332 g/mol. The number of rotatable bonds is 6. The minimum absolute atomic E-state index is 0.134. The molecule has 2 aromatic rings. The van der Waals surface area contributed by atoms with Gasteiger partial charge in [0.15, 0.2) is 6.29 Å². The summed E-state index contributed by atoms with van der Waals surface area (Å²) < 4.78 is 19.6. The van der Waals surface area contributed by atoms with Gasteiger partial charge in [-0.25, -0.2) is 0 Å². The molecule has 0 saturated carbocycles. The largest absolute Gasteiger partial charge is 0.383 e. The van der Waals surface area contributed by atoms with Crippen LogP contribution in [0.4, 0.5) is 0 Å². The smallest absolute Gasteiger partial charge is 0.178 e. The molecule has 1 aliphatic rings. The van der Waals surface area contributed by atoms with Crippen LogP contribution in [0.5, 0.6) is 0 Å². The quantitative estimate of drug-likeness (QED) is 0.815. The van der Waals surface area contributed by atoms with E-state index < -0.39 is 0 Å². The molecule has 2 heterocycles. The molecule has 0 spiro atoms. The predicted octanol–water partition coefficient (Wildman–Crippen LogP) is 2.83. The van der Waals surface area contributed by atoms with Crippen LogP contribution in [-0.2, 0) is 14.2 Å². The second-order valence-electron chi connectivity index (χ2n) is 6.62. The van der Waals surface area contributed by atoms with Crippen molar-refractivity contribution >= 4 is 10.9 Å². The first-order valence-corrected chi connectivity index (χ1v) is 8.60. The summed E-state index contributed by atoms with van der Waals surface area (Å²) in [7, 11) is 3.81. The number of para-hydroxylation sites is 1. The van der Waals surface area contributed by atoms with Crippen LogP contribution >= 0.6 is 0 Å². The highest BCUT2D eigenvalue weighted by molar-refractivity contribution is 5.81. The molecule has 1 aliphatic heterocycles. The summed E-state index contributed by atoms with van der Waals surface area (Å²) in [6.45, 7) is 7.29. The number of nitrogens with zero attached hydrogens (tertiary/aromatic N) is 2. The molecule has 1 unspecified atom stereocenters. The summed E-state index contributed by atoms with van der Waals surface area (Å²) in [5.74, 6) is 0. The average molecular weight is 332 g/mol. The molecular formula is C19H28N2O3. The lowest BCUT2D eigenvalue weighted by molar-refractivity contribution is -0.219. The highest BCUT2D eigenvalue weighted by Crippen LogP contribution is 2.28. The highest BCUT2D eigenvalue weighted by atomic mass is 16.7. The Labute approximate surface area is 144 Å². The summed E-state index contributed by atoms with van der Waals surface area (Å²) >= 11 is 0. The van der Waals surface area contributed by atoms with E-state index in [1.165, 1.54) is 16.6 Å². The van der Waals surface area contributed by atoms with E-state index in [1.807, 2.05) is 0 Å². The summed E-state index contributed by atoms with van der Waals surface area (Å²) in [6, 6.07) is 11.1. The third-order valence-corrected chi connectivity index (χ3v) is 4.92. The Morgan fingerprint density at radius 3 is 2.71 bits per heavy atom. The van der Waals surface area contributed by atoms with Crippen molar-refractivity contribution in [1.82, 2.24) is 9.47 Å². The fourth-order valence-electron chi connectivity index (χ4n) is 3.43. The lowest BCUT2D eigenvalue weighted by Gasteiger charge is -2.37. The Bertz CT molecular complexity index is 662. The zero-order chi connectivity index (χ0) is 17.1. The van der Waals surface area contributed by atoms with Crippen LogP contribution in [0.15, 0.2) is 30.3 Å². The van der Waals surface area contributed by atoms with Crippen molar-refractivity contribution in [2.24, 2.45) is 0 Å². The number of methoxy groups -OCH3 is 1. The summed E-state index contributed by atoms with van der Waals surface area (Å²) in [6.07, 6.45) is -0.216. The molecule has 1 fully saturated rings. The summed E-state index contributed by atoms with van der Waals surface area (Å²) in [5, 5.41) is 1.26. The number of benzene rings is 1. The van der Waals surface area contributed by atoms with Crippen LogP contribution in [0.25, 0.3) is 10.9 Å². The van der Waals surface area contributed by atoms with E-state index in [0.717, 1.165) is 13.2 Å². The first kappa shape index (κ1) is 17.4. The van der Waals surface area contributed by atoms with Crippen LogP contribution in [0.3, 0.4) is 0 Å². The molecule has 3 rings (SSSR count). The third kappa shape index (κ3) is 3.49. The fraction of sp³-hybridized carbons (Fsp3) is 0.579. The zero-order valence-corrected chi connectivity index (χ0v) is 15.1. The maximum absolute atomic E-state index is 6.06. The Hall–Kier alpha value is -1.40. The van der Waals surface area contributed by atoms with Gasteiger partial charge >= 0.3 is 0 Å². The van der Waals surface area contributed by atoms with Crippen LogP contribution in [-0.4, -0.2) is 62.3 Å². The molecule has 24 heavy (non-hydrogen) atoms. The van der Waals surface area contributed by atoms with E-state index in [4.69, 9.17) is 14.2 Å². The highest BCUT2D eigenvalue weighted by Gasteiger charge is 2.30. The molecule has 0 radical (unpaired) electrons. The number of likely N-dealkylation sites (N-methyl/N-ethyl adjacent to an activating group) is 1. The van der Waals surface area contributed by atoms with Gasteiger partial charge in [-0.3, -0.25) is 4.90 Å². The number of hydrogen-bond acceptors (Lipinski definition) is 4. The number of ether oxygens (including phenoxy) is 3. The number of fused-ring (bicyclic) bond motifs is 1. The molecule has 0 N–H and O–H groups in total. The van der Waals surface area contributed by atoms with Gasteiger partial charge in [0.1, 0.15) is 0 Å². The minimum Gasteiger partial charge on any atom is -0.383 e. The van der Waals surface area contributed by atoms with Crippen LogP contribution in [0.2, 0.25) is 0 Å². The van der Waals surface area contributed by atoms with Gasteiger partial charge in [0.05, 0.1) is 31.9 Å². The maximum atomic E-state index is 6.06. The zero-order valence-electron chi connectivity index (χ0n) is 15.1. The molecular weight excluding hydrogens is 304 g/mol. The molecule has 132 valence electrons.